The van der Waals surface area contributed by atoms with Crippen LogP contribution in [0.4, 0.5) is 0 Å². The molecule has 92 valence electrons. The van der Waals surface area contributed by atoms with Gasteiger partial charge in [-0.2, -0.15) is 5.26 Å². The van der Waals surface area contributed by atoms with E-state index >= 15 is 0 Å². The van der Waals surface area contributed by atoms with Gasteiger partial charge in [-0.25, -0.2) is 0 Å². The van der Waals surface area contributed by atoms with Crippen molar-refractivity contribution >= 4 is 5.78 Å². The summed E-state index contributed by atoms with van der Waals surface area (Å²) >= 11 is 0. The highest BCUT2D eigenvalue weighted by Gasteiger charge is 2.18. The summed E-state index contributed by atoms with van der Waals surface area (Å²) in [5.41, 5.74) is 0.493. The van der Waals surface area contributed by atoms with Gasteiger partial charge in [0.2, 0.25) is 12.6 Å². The second kappa shape index (κ2) is 4.80. The van der Waals surface area contributed by atoms with Crippen LogP contribution in [0.2, 0.25) is 0 Å². The Morgan fingerprint density at radius 1 is 1.39 bits per heavy atom. The minimum Gasteiger partial charge on any atom is -0.454 e. The first-order valence-corrected chi connectivity index (χ1v) is 5.34. The van der Waals surface area contributed by atoms with Crippen LogP contribution in [0.1, 0.15) is 10.4 Å². The second-order valence-corrected chi connectivity index (χ2v) is 4.02. The quantitative estimate of drug-likeness (QED) is 0.459. The Kier molecular flexibility index (Phi) is 3.20. The summed E-state index contributed by atoms with van der Waals surface area (Å²) in [6, 6.07) is 6.77. The Labute approximate surface area is 105 Å². The molecule has 1 heterocycles. The van der Waals surface area contributed by atoms with Crippen molar-refractivity contribution in [1.82, 2.24) is 4.90 Å². The lowest BCUT2D eigenvalue weighted by atomic mass is 10.0. The average molecular weight is 244 g/mol. The number of benzene rings is 1. The van der Waals surface area contributed by atoms with Crippen LogP contribution >= 0.6 is 0 Å². The summed E-state index contributed by atoms with van der Waals surface area (Å²) in [7, 11) is 3.51. The maximum absolute atomic E-state index is 12.1. The number of ketones is 1. The van der Waals surface area contributed by atoms with Gasteiger partial charge in [0.05, 0.1) is 0 Å². The first kappa shape index (κ1) is 12.0. The van der Waals surface area contributed by atoms with Crippen LogP contribution < -0.4 is 9.47 Å². The first-order chi connectivity index (χ1) is 8.61. The highest BCUT2D eigenvalue weighted by atomic mass is 16.7. The molecule has 2 rings (SSSR count). The highest BCUT2D eigenvalue weighted by molar-refractivity contribution is 6.11. The van der Waals surface area contributed by atoms with Crippen molar-refractivity contribution < 1.29 is 14.3 Å². The standard InChI is InChI=1S/C13H12N2O3/c1-15(2)7-10(6-14)13(16)9-3-4-11-12(5-9)18-8-17-11/h3-5,7H,8H2,1-2H3. The molecule has 0 N–H and O–H groups in total. The van der Waals surface area contributed by atoms with E-state index in [1.54, 1.807) is 37.2 Å². The van der Waals surface area contributed by atoms with Crippen LogP contribution in [-0.2, 0) is 0 Å². The molecule has 18 heavy (non-hydrogen) atoms. The third-order valence-electron chi connectivity index (χ3n) is 2.39. The fourth-order valence-corrected chi connectivity index (χ4v) is 1.59. The van der Waals surface area contributed by atoms with Gasteiger partial charge in [-0.1, -0.05) is 0 Å². The van der Waals surface area contributed by atoms with E-state index in [9.17, 15) is 4.79 Å². The molecule has 0 saturated carbocycles. The Hall–Kier alpha value is -2.48. The van der Waals surface area contributed by atoms with Gasteiger partial charge in [0.15, 0.2) is 11.5 Å². The molecule has 0 bridgehead atoms. The molecule has 0 fully saturated rings. The normalized spacial score (nSPS) is 13.1. The monoisotopic (exact) mass is 244 g/mol. The predicted octanol–water partition coefficient (Wildman–Crippen LogP) is 1.57. The Bertz CT molecular complexity index is 556. The van der Waals surface area contributed by atoms with Crippen LogP contribution in [0.15, 0.2) is 30.0 Å². The van der Waals surface area contributed by atoms with E-state index in [1.807, 2.05) is 6.07 Å². The molecule has 0 atom stereocenters. The van der Waals surface area contributed by atoms with Gasteiger partial charge >= 0.3 is 0 Å². The van der Waals surface area contributed by atoms with Crippen molar-refractivity contribution in [3.8, 4) is 17.6 Å². The van der Waals surface area contributed by atoms with Crippen molar-refractivity contribution in [2.24, 2.45) is 0 Å². The molecular formula is C13H12N2O3. The third kappa shape index (κ3) is 2.28. The van der Waals surface area contributed by atoms with E-state index in [2.05, 4.69) is 0 Å². The summed E-state index contributed by atoms with van der Waals surface area (Å²) in [5, 5.41) is 8.98. The number of Topliss-reactive ketones (excluding diaryl/α,β-unsaturated/α-hetero) is 1. The van der Waals surface area contributed by atoms with Gasteiger partial charge < -0.3 is 14.4 Å². The predicted molar refractivity (Wildman–Crippen MR) is 64.3 cm³/mol. The van der Waals surface area contributed by atoms with E-state index in [4.69, 9.17) is 14.7 Å². The molecular weight excluding hydrogens is 232 g/mol. The lowest BCUT2D eigenvalue weighted by Crippen LogP contribution is -2.08. The number of carbonyl (C=O) groups excluding carboxylic acids is 1. The van der Waals surface area contributed by atoms with Crippen LogP contribution in [0, 0.1) is 11.3 Å². The number of hydrogen-bond acceptors (Lipinski definition) is 5. The van der Waals surface area contributed by atoms with E-state index in [-0.39, 0.29) is 18.1 Å². The molecule has 0 unspecified atom stereocenters. The van der Waals surface area contributed by atoms with E-state index in [0.717, 1.165) is 0 Å². The molecule has 1 aliphatic rings. The van der Waals surface area contributed by atoms with Crippen LogP contribution in [-0.4, -0.2) is 31.6 Å². The lowest BCUT2D eigenvalue weighted by Gasteiger charge is -2.06. The Morgan fingerprint density at radius 2 is 2.11 bits per heavy atom. The fraction of sp³-hybridized carbons (Fsp3) is 0.231. The number of fused-ring (bicyclic) bond motifs is 1. The van der Waals surface area contributed by atoms with Crippen molar-refractivity contribution in [3.05, 3.63) is 35.5 Å². The molecule has 1 aromatic rings. The number of allylic oxidation sites excluding steroid dienone is 1. The minimum atomic E-state index is -0.329. The number of carbonyl (C=O) groups is 1. The highest BCUT2D eigenvalue weighted by Crippen LogP contribution is 2.33. The largest absolute Gasteiger partial charge is 0.454 e. The molecule has 0 radical (unpaired) electrons. The molecule has 1 aromatic carbocycles. The molecule has 0 spiro atoms. The van der Waals surface area contributed by atoms with E-state index in [1.165, 1.54) is 6.20 Å². The number of rotatable bonds is 3. The molecule has 0 saturated heterocycles. The minimum absolute atomic E-state index is 0.0823. The maximum atomic E-state index is 12.1. The Balaban J connectivity index is 2.32. The van der Waals surface area contributed by atoms with Crippen LogP contribution in [0.25, 0.3) is 0 Å². The zero-order chi connectivity index (χ0) is 13.1. The average Bonchev–Trinajstić information content (AvgIpc) is 2.81. The Morgan fingerprint density at radius 3 is 2.78 bits per heavy atom. The van der Waals surface area contributed by atoms with E-state index in [0.29, 0.717) is 17.1 Å². The summed E-state index contributed by atoms with van der Waals surface area (Å²) in [6.07, 6.45) is 1.49. The molecule has 1 aliphatic heterocycles. The van der Waals surface area contributed by atoms with Gasteiger partial charge in [0, 0.05) is 25.9 Å². The molecule has 0 aliphatic carbocycles. The topological polar surface area (TPSA) is 62.6 Å². The molecule has 0 aromatic heterocycles. The van der Waals surface area contributed by atoms with Crippen LogP contribution in [0.5, 0.6) is 11.5 Å². The summed E-state index contributed by atoms with van der Waals surface area (Å²) in [6.45, 7) is 0.158. The SMILES string of the molecule is CN(C)C=C(C#N)C(=O)c1ccc2c(c1)OCO2. The van der Waals surface area contributed by atoms with Crippen molar-refractivity contribution in [3.63, 3.8) is 0 Å². The van der Waals surface area contributed by atoms with Crippen molar-refractivity contribution in [2.45, 2.75) is 0 Å². The fourth-order valence-electron chi connectivity index (χ4n) is 1.59. The number of nitriles is 1. The molecule has 5 nitrogen and oxygen atoms in total. The molecule has 0 amide bonds. The smallest absolute Gasteiger partial charge is 0.231 e. The van der Waals surface area contributed by atoms with Crippen molar-refractivity contribution in [2.75, 3.05) is 20.9 Å². The third-order valence-corrected chi connectivity index (χ3v) is 2.39. The number of hydrogen-bond donors (Lipinski definition) is 0. The van der Waals surface area contributed by atoms with Gasteiger partial charge in [-0.3, -0.25) is 4.79 Å². The summed E-state index contributed by atoms with van der Waals surface area (Å²) < 4.78 is 10.4. The zero-order valence-corrected chi connectivity index (χ0v) is 10.1. The first-order valence-electron chi connectivity index (χ1n) is 5.34. The molecule has 5 heteroatoms. The van der Waals surface area contributed by atoms with Crippen molar-refractivity contribution in [1.29, 1.82) is 5.26 Å². The summed E-state index contributed by atoms with van der Waals surface area (Å²) in [5.74, 6) is 0.814. The van der Waals surface area contributed by atoms with Gasteiger partial charge in [-0.05, 0) is 18.2 Å². The van der Waals surface area contributed by atoms with Crippen LogP contribution in [0.3, 0.4) is 0 Å². The van der Waals surface area contributed by atoms with E-state index < -0.39 is 0 Å². The second-order valence-electron chi connectivity index (χ2n) is 4.02. The van der Waals surface area contributed by atoms with Gasteiger partial charge in [0.1, 0.15) is 11.6 Å². The number of ether oxygens (including phenoxy) is 2. The zero-order valence-electron chi connectivity index (χ0n) is 10.1. The number of nitrogens with zero attached hydrogens (tertiary/aromatic N) is 2. The lowest BCUT2D eigenvalue weighted by molar-refractivity contribution is 0.103. The van der Waals surface area contributed by atoms with Gasteiger partial charge in [-0.15, -0.1) is 0 Å². The van der Waals surface area contributed by atoms with Gasteiger partial charge in [0.25, 0.3) is 0 Å². The maximum Gasteiger partial charge on any atom is 0.231 e. The summed E-state index contributed by atoms with van der Waals surface area (Å²) in [4.78, 5) is 13.8.